The fraction of sp³-hybridized carbons (Fsp3) is 0.647. The van der Waals surface area contributed by atoms with E-state index in [4.69, 9.17) is 0 Å². The minimum atomic E-state index is 0.206. The Bertz CT molecular complexity index is 468. The highest BCUT2D eigenvalue weighted by molar-refractivity contribution is 5.54. The third-order valence-corrected chi connectivity index (χ3v) is 4.55. The Labute approximate surface area is 122 Å². The van der Waals surface area contributed by atoms with Crippen molar-refractivity contribution in [1.82, 2.24) is 5.32 Å². The second-order valence-electron chi connectivity index (χ2n) is 6.52. The molecule has 1 aromatic carbocycles. The molecular weight excluding hydrogens is 248 g/mol. The van der Waals surface area contributed by atoms with Gasteiger partial charge in [-0.2, -0.15) is 0 Å². The summed E-state index contributed by atoms with van der Waals surface area (Å²) in [6.07, 6.45) is 2.70. The van der Waals surface area contributed by atoms with Crippen molar-refractivity contribution < 1.29 is 5.11 Å². The second kappa shape index (κ2) is 5.74. The van der Waals surface area contributed by atoms with Gasteiger partial charge in [0, 0.05) is 31.4 Å². The number of aliphatic hydroxyl groups excluding tert-OH is 1. The highest BCUT2D eigenvalue weighted by Gasteiger charge is 2.28. The van der Waals surface area contributed by atoms with Crippen LogP contribution in [0, 0.1) is 0 Å². The zero-order valence-electron chi connectivity index (χ0n) is 12.6. The van der Waals surface area contributed by atoms with Crippen LogP contribution in [0.2, 0.25) is 0 Å². The lowest BCUT2D eigenvalue weighted by atomic mass is 9.93. The highest BCUT2D eigenvalue weighted by atomic mass is 16.3. The first-order valence-electron chi connectivity index (χ1n) is 7.92. The zero-order valence-corrected chi connectivity index (χ0v) is 12.6. The van der Waals surface area contributed by atoms with Crippen LogP contribution >= 0.6 is 0 Å². The first-order valence-corrected chi connectivity index (χ1v) is 7.92. The molecule has 3 rings (SSSR count). The van der Waals surface area contributed by atoms with Crippen molar-refractivity contribution >= 4 is 5.69 Å². The van der Waals surface area contributed by atoms with Crippen LogP contribution in [-0.2, 0) is 0 Å². The molecule has 2 fully saturated rings. The van der Waals surface area contributed by atoms with Crippen LogP contribution in [0.3, 0.4) is 0 Å². The first-order chi connectivity index (χ1) is 9.69. The predicted octanol–water partition coefficient (Wildman–Crippen LogP) is 2.46. The van der Waals surface area contributed by atoms with E-state index < -0.39 is 0 Å². The van der Waals surface area contributed by atoms with E-state index in [1.165, 1.54) is 24.1 Å². The smallest absolute Gasteiger partial charge is 0.0601 e. The fourth-order valence-electron chi connectivity index (χ4n) is 3.21. The van der Waals surface area contributed by atoms with E-state index in [0.717, 1.165) is 25.6 Å². The highest BCUT2D eigenvalue weighted by Crippen LogP contribution is 2.44. The van der Waals surface area contributed by atoms with Crippen LogP contribution in [0.1, 0.15) is 49.7 Å². The number of anilines is 1. The van der Waals surface area contributed by atoms with Crippen LogP contribution < -0.4 is 10.2 Å². The quantitative estimate of drug-likeness (QED) is 0.885. The number of hydrogen-bond donors (Lipinski definition) is 2. The molecule has 1 atom stereocenters. The van der Waals surface area contributed by atoms with E-state index in [-0.39, 0.29) is 12.6 Å². The van der Waals surface area contributed by atoms with Crippen LogP contribution in [0.5, 0.6) is 0 Å². The van der Waals surface area contributed by atoms with Gasteiger partial charge >= 0.3 is 0 Å². The Morgan fingerprint density at radius 2 is 2.15 bits per heavy atom. The molecule has 20 heavy (non-hydrogen) atoms. The van der Waals surface area contributed by atoms with Gasteiger partial charge in [0.1, 0.15) is 0 Å². The third-order valence-electron chi connectivity index (χ3n) is 4.55. The molecule has 0 spiro atoms. The minimum absolute atomic E-state index is 0.206. The molecule has 1 aliphatic carbocycles. The van der Waals surface area contributed by atoms with Crippen molar-refractivity contribution in [3.63, 3.8) is 0 Å². The molecule has 0 unspecified atom stereocenters. The number of hydrogen-bond acceptors (Lipinski definition) is 3. The van der Waals surface area contributed by atoms with Crippen molar-refractivity contribution in [3.05, 3.63) is 29.3 Å². The topological polar surface area (TPSA) is 35.5 Å². The molecule has 1 saturated heterocycles. The lowest BCUT2D eigenvalue weighted by molar-refractivity contribution is 0.235. The molecule has 110 valence electrons. The second-order valence-corrected chi connectivity index (χ2v) is 6.52. The average Bonchev–Trinajstić information content (AvgIpc) is 3.31. The SMILES string of the molecule is CC(C)c1ccc(N2CCN[C@@H](CO)C2)cc1C1CC1. The summed E-state index contributed by atoms with van der Waals surface area (Å²) in [6.45, 7) is 7.68. The van der Waals surface area contributed by atoms with Crippen LogP contribution in [0.4, 0.5) is 5.69 Å². The van der Waals surface area contributed by atoms with Crippen molar-refractivity contribution in [3.8, 4) is 0 Å². The van der Waals surface area contributed by atoms with E-state index in [1.54, 1.807) is 5.56 Å². The lowest BCUT2D eigenvalue weighted by Crippen LogP contribution is -2.52. The van der Waals surface area contributed by atoms with E-state index in [0.29, 0.717) is 5.92 Å². The molecule has 1 aromatic rings. The van der Waals surface area contributed by atoms with E-state index in [1.807, 2.05) is 0 Å². The molecule has 2 aliphatic rings. The number of rotatable bonds is 4. The average molecular weight is 274 g/mol. The summed E-state index contributed by atoms with van der Waals surface area (Å²) in [7, 11) is 0. The van der Waals surface area contributed by atoms with Gasteiger partial charge in [0.15, 0.2) is 0 Å². The third kappa shape index (κ3) is 2.84. The summed E-state index contributed by atoms with van der Waals surface area (Å²) in [4.78, 5) is 2.41. The van der Waals surface area contributed by atoms with Crippen molar-refractivity contribution in [2.45, 2.75) is 44.6 Å². The van der Waals surface area contributed by atoms with Gasteiger partial charge in [-0.25, -0.2) is 0 Å². The van der Waals surface area contributed by atoms with Gasteiger partial charge < -0.3 is 15.3 Å². The molecule has 0 radical (unpaired) electrons. The molecule has 1 saturated carbocycles. The van der Waals surface area contributed by atoms with Crippen molar-refractivity contribution in [2.24, 2.45) is 0 Å². The normalized spacial score (nSPS) is 23.4. The molecule has 0 amide bonds. The summed E-state index contributed by atoms with van der Waals surface area (Å²) in [6, 6.07) is 7.20. The minimum Gasteiger partial charge on any atom is -0.395 e. The molecule has 0 aromatic heterocycles. The summed E-state index contributed by atoms with van der Waals surface area (Å²) >= 11 is 0. The molecular formula is C17H26N2O. The van der Waals surface area contributed by atoms with Crippen LogP contribution in [0.25, 0.3) is 0 Å². The van der Waals surface area contributed by atoms with Crippen molar-refractivity contribution in [2.75, 3.05) is 31.1 Å². The van der Waals surface area contributed by atoms with Gasteiger partial charge in [0.25, 0.3) is 0 Å². The Morgan fingerprint density at radius 1 is 1.35 bits per heavy atom. The monoisotopic (exact) mass is 274 g/mol. The van der Waals surface area contributed by atoms with Gasteiger partial charge in [0.2, 0.25) is 0 Å². The molecule has 3 nitrogen and oxygen atoms in total. The molecule has 1 heterocycles. The summed E-state index contributed by atoms with van der Waals surface area (Å²) in [5, 5.41) is 12.7. The molecule has 2 N–H and O–H groups in total. The number of nitrogens with one attached hydrogen (secondary N) is 1. The fourth-order valence-corrected chi connectivity index (χ4v) is 3.21. The Morgan fingerprint density at radius 3 is 2.80 bits per heavy atom. The van der Waals surface area contributed by atoms with E-state index in [2.05, 4.69) is 42.3 Å². The number of aliphatic hydroxyl groups is 1. The maximum absolute atomic E-state index is 9.34. The number of piperazine rings is 1. The van der Waals surface area contributed by atoms with Gasteiger partial charge in [-0.1, -0.05) is 19.9 Å². The summed E-state index contributed by atoms with van der Waals surface area (Å²) in [5.41, 5.74) is 4.41. The number of nitrogens with zero attached hydrogens (tertiary/aromatic N) is 1. The van der Waals surface area contributed by atoms with Gasteiger partial charge in [0.05, 0.1) is 6.61 Å². The zero-order chi connectivity index (χ0) is 14.1. The Kier molecular flexibility index (Phi) is 3.99. The van der Waals surface area contributed by atoms with E-state index in [9.17, 15) is 5.11 Å². The van der Waals surface area contributed by atoms with Gasteiger partial charge in [-0.3, -0.25) is 0 Å². The molecule has 0 bridgehead atoms. The van der Waals surface area contributed by atoms with Crippen molar-refractivity contribution in [1.29, 1.82) is 0 Å². The van der Waals surface area contributed by atoms with Gasteiger partial charge in [-0.15, -0.1) is 0 Å². The summed E-state index contributed by atoms with van der Waals surface area (Å²) < 4.78 is 0. The lowest BCUT2D eigenvalue weighted by Gasteiger charge is -2.35. The first kappa shape index (κ1) is 13.9. The van der Waals surface area contributed by atoms with E-state index >= 15 is 0 Å². The largest absolute Gasteiger partial charge is 0.395 e. The standard InChI is InChI=1S/C17H26N2O/c1-12(2)16-6-5-15(9-17(16)13-3-4-13)19-8-7-18-14(10-19)11-20/h5-6,9,12-14,18,20H,3-4,7-8,10-11H2,1-2H3/t14-/m1/s1. The molecule has 3 heteroatoms. The maximum atomic E-state index is 9.34. The maximum Gasteiger partial charge on any atom is 0.0601 e. The van der Waals surface area contributed by atoms with Gasteiger partial charge in [-0.05, 0) is 47.9 Å². The number of benzene rings is 1. The Hall–Kier alpha value is -1.06. The van der Waals surface area contributed by atoms with Crippen LogP contribution in [0.15, 0.2) is 18.2 Å². The van der Waals surface area contributed by atoms with Crippen LogP contribution in [-0.4, -0.2) is 37.4 Å². The molecule has 1 aliphatic heterocycles. The summed E-state index contributed by atoms with van der Waals surface area (Å²) in [5.74, 6) is 1.40. The Balaban J connectivity index is 1.84. The predicted molar refractivity (Wildman–Crippen MR) is 83.6 cm³/mol.